The third-order valence-corrected chi connectivity index (χ3v) is 3.85. The third-order valence-electron chi connectivity index (χ3n) is 1.78. The van der Waals surface area contributed by atoms with Crippen LogP contribution in [-0.2, 0) is 0 Å². The Kier molecular flexibility index (Phi) is 3.29. The van der Waals surface area contributed by atoms with E-state index in [1.54, 1.807) is 23.1 Å². The molecule has 2 aromatic heterocycles. The van der Waals surface area contributed by atoms with Crippen molar-refractivity contribution in [2.24, 2.45) is 0 Å². The minimum atomic E-state index is 0.538. The van der Waals surface area contributed by atoms with E-state index in [9.17, 15) is 0 Å². The lowest BCUT2D eigenvalue weighted by Gasteiger charge is -1.98. The molecule has 0 N–H and O–H groups in total. The Balaban J connectivity index is 2.46. The minimum Gasteiger partial charge on any atom is -0.211 e. The second-order valence-electron chi connectivity index (χ2n) is 2.97. The summed E-state index contributed by atoms with van der Waals surface area (Å²) in [4.78, 5) is 10.8. The van der Waals surface area contributed by atoms with Crippen molar-refractivity contribution in [3.63, 3.8) is 0 Å². The summed E-state index contributed by atoms with van der Waals surface area (Å²) in [6.45, 7) is 5.70. The van der Waals surface area contributed by atoms with E-state index < -0.39 is 0 Å². The number of aryl methyl sites for hydroxylation is 1. The Morgan fingerprint density at radius 3 is 3.13 bits per heavy atom. The van der Waals surface area contributed by atoms with Gasteiger partial charge >= 0.3 is 0 Å². The van der Waals surface area contributed by atoms with Gasteiger partial charge in [0, 0.05) is 16.0 Å². The Labute approximate surface area is 101 Å². The Hall–Kier alpha value is -0.580. The first-order chi connectivity index (χ1) is 7.20. The Morgan fingerprint density at radius 2 is 2.40 bits per heavy atom. The zero-order valence-electron chi connectivity index (χ0n) is 8.16. The summed E-state index contributed by atoms with van der Waals surface area (Å²) in [6.07, 6.45) is 1.83. The molecule has 0 aromatic carbocycles. The highest BCUT2D eigenvalue weighted by molar-refractivity contribution is 7.99. The highest BCUT2D eigenvalue weighted by Crippen LogP contribution is 2.30. The molecule has 0 unspecified atom stereocenters. The van der Waals surface area contributed by atoms with E-state index in [0.717, 1.165) is 16.0 Å². The van der Waals surface area contributed by atoms with Gasteiger partial charge in [-0.05, 0) is 13.0 Å². The van der Waals surface area contributed by atoms with E-state index in [1.165, 1.54) is 4.88 Å². The van der Waals surface area contributed by atoms with Gasteiger partial charge in [0.2, 0.25) is 0 Å². The summed E-state index contributed by atoms with van der Waals surface area (Å²) >= 11 is 9.25. The monoisotopic (exact) mass is 256 g/mol. The van der Waals surface area contributed by atoms with Crippen molar-refractivity contribution in [1.82, 2.24) is 9.97 Å². The number of nitrogens with zero attached hydrogens (tertiary/aromatic N) is 2. The minimum absolute atomic E-state index is 0.538. The first-order valence-corrected chi connectivity index (χ1v) is 6.56. The number of aromatic nitrogens is 2. The number of fused-ring (bicyclic) bond motifs is 1. The van der Waals surface area contributed by atoms with Crippen LogP contribution in [-0.4, -0.2) is 15.7 Å². The van der Waals surface area contributed by atoms with Gasteiger partial charge in [0.25, 0.3) is 0 Å². The number of thiophene rings is 1. The second-order valence-corrected chi connectivity index (χ2v) is 5.55. The molecule has 78 valence electrons. The number of halogens is 1. The normalized spacial score (nSPS) is 10.8. The van der Waals surface area contributed by atoms with E-state index in [2.05, 4.69) is 16.5 Å². The van der Waals surface area contributed by atoms with Gasteiger partial charge in [-0.15, -0.1) is 17.9 Å². The molecule has 0 spiro atoms. The predicted molar refractivity (Wildman–Crippen MR) is 68.1 cm³/mol. The van der Waals surface area contributed by atoms with Gasteiger partial charge in [-0.2, -0.15) is 0 Å². The van der Waals surface area contributed by atoms with Crippen molar-refractivity contribution in [2.45, 2.75) is 12.1 Å². The first-order valence-electron chi connectivity index (χ1n) is 4.38. The molecule has 0 bridgehead atoms. The van der Waals surface area contributed by atoms with Gasteiger partial charge < -0.3 is 0 Å². The van der Waals surface area contributed by atoms with E-state index in [4.69, 9.17) is 11.6 Å². The van der Waals surface area contributed by atoms with Crippen molar-refractivity contribution >= 4 is 44.9 Å². The molecule has 0 radical (unpaired) electrons. The van der Waals surface area contributed by atoms with E-state index in [0.29, 0.717) is 10.3 Å². The molecule has 5 heteroatoms. The van der Waals surface area contributed by atoms with Crippen LogP contribution in [0.2, 0.25) is 5.15 Å². The summed E-state index contributed by atoms with van der Waals surface area (Å²) in [7, 11) is 0. The van der Waals surface area contributed by atoms with Gasteiger partial charge in [-0.3, -0.25) is 0 Å². The molecule has 0 saturated carbocycles. The van der Waals surface area contributed by atoms with Crippen molar-refractivity contribution in [3.8, 4) is 0 Å². The van der Waals surface area contributed by atoms with Crippen LogP contribution in [0.3, 0.4) is 0 Å². The molecule has 0 fully saturated rings. The van der Waals surface area contributed by atoms with Gasteiger partial charge in [-0.25, -0.2) is 9.97 Å². The standard InChI is InChI=1S/C10H9ClN2S2/c1-3-4-14-10-12-8(11)7-5-6(2)15-9(7)13-10/h3,5H,1,4H2,2H3. The van der Waals surface area contributed by atoms with Crippen LogP contribution in [0.25, 0.3) is 10.2 Å². The zero-order valence-corrected chi connectivity index (χ0v) is 10.5. The summed E-state index contributed by atoms with van der Waals surface area (Å²) in [5.74, 6) is 0.798. The van der Waals surface area contributed by atoms with Crippen LogP contribution < -0.4 is 0 Å². The van der Waals surface area contributed by atoms with Crippen LogP contribution in [0, 0.1) is 6.92 Å². The lowest BCUT2D eigenvalue weighted by atomic mass is 10.4. The molecule has 0 amide bonds. The van der Waals surface area contributed by atoms with Crippen LogP contribution in [0.15, 0.2) is 23.9 Å². The molecule has 2 aromatic rings. The van der Waals surface area contributed by atoms with Gasteiger partial charge in [0.1, 0.15) is 9.98 Å². The first kappa shape index (κ1) is 10.9. The lowest BCUT2D eigenvalue weighted by Crippen LogP contribution is -1.87. The van der Waals surface area contributed by atoms with Crippen molar-refractivity contribution in [3.05, 3.63) is 28.8 Å². The maximum absolute atomic E-state index is 6.07. The molecule has 2 rings (SSSR count). The van der Waals surface area contributed by atoms with E-state index in [-0.39, 0.29) is 0 Å². The quantitative estimate of drug-likeness (QED) is 0.360. The summed E-state index contributed by atoms with van der Waals surface area (Å²) in [6, 6.07) is 2.02. The maximum Gasteiger partial charge on any atom is 0.190 e. The molecular formula is C10H9ClN2S2. The van der Waals surface area contributed by atoms with Crippen LogP contribution in [0.4, 0.5) is 0 Å². The van der Waals surface area contributed by atoms with E-state index in [1.807, 2.05) is 19.1 Å². The molecule has 0 aliphatic carbocycles. The maximum atomic E-state index is 6.07. The average molecular weight is 257 g/mol. The SMILES string of the molecule is C=CCSc1nc(Cl)c2cc(C)sc2n1. The Morgan fingerprint density at radius 1 is 1.60 bits per heavy atom. The fourth-order valence-electron chi connectivity index (χ4n) is 1.19. The average Bonchev–Trinajstić information content (AvgIpc) is 2.56. The predicted octanol–water partition coefficient (Wildman–Crippen LogP) is 3.93. The van der Waals surface area contributed by atoms with Crippen molar-refractivity contribution in [2.75, 3.05) is 5.75 Å². The van der Waals surface area contributed by atoms with E-state index >= 15 is 0 Å². The molecule has 0 saturated heterocycles. The van der Waals surface area contributed by atoms with Gasteiger partial charge in [-0.1, -0.05) is 29.4 Å². The fraction of sp³-hybridized carbons (Fsp3) is 0.200. The molecule has 0 aliphatic heterocycles. The van der Waals surface area contributed by atoms with Crippen molar-refractivity contribution < 1.29 is 0 Å². The molecule has 2 nitrogen and oxygen atoms in total. The Bertz CT molecular complexity index is 507. The number of hydrogen-bond acceptors (Lipinski definition) is 4. The summed E-state index contributed by atoms with van der Waals surface area (Å²) in [5.41, 5.74) is 0. The highest BCUT2D eigenvalue weighted by Gasteiger charge is 2.08. The van der Waals surface area contributed by atoms with Gasteiger partial charge in [0.15, 0.2) is 5.16 Å². The van der Waals surface area contributed by atoms with Gasteiger partial charge in [0.05, 0.1) is 0 Å². The fourth-order valence-corrected chi connectivity index (χ4v) is 3.03. The molecule has 2 heterocycles. The number of rotatable bonds is 3. The molecular weight excluding hydrogens is 248 g/mol. The third kappa shape index (κ3) is 2.33. The largest absolute Gasteiger partial charge is 0.211 e. The highest BCUT2D eigenvalue weighted by atomic mass is 35.5. The second kappa shape index (κ2) is 4.51. The molecule has 0 atom stereocenters. The number of thioether (sulfide) groups is 1. The van der Waals surface area contributed by atoms with Crippen LogP contribution in [0.5, 0.6) is 0 Å². The zero-order chi connectivity index (χ0) is 10.8. The summed E-state index contributed by atoms with van der Waals surface area (Å²) < 4.78 is 0. The molecule has 15 heavy (non-hydrogen) atoms. The van der Waals surface area contributed by atoms with Crippen LogP contribution in [0.1, 0.15) is 4.88 Å². The number of hydrogen-bond donors (Lipinski definition) is 0. The smallest absolute Gasteiger partial charge is 0.190 e. The summed E-state index contributed by atoms with van der Waals surface area (Å²) in [5, 5.41) is 2.20. The van der Waals surface area contributed by atoms with Crippen molar-refractivity contribution in [1.29, 1.82) is 0 Å². The lowest BCUT2D eigenvalue weighted by molar-refractivity contribution is 1.01. The molecule has 0 aliphatic rings. The topological polar surface area (TPSA) is 25.8 Å². The van der Waals surface area contributed by atoms with Crippen LogP contribution >= 0.6 is 34.7 Å².